The maximum atomic E-state index is 14.4. The maximum absolute atomic E-state index is 14.4. The van der Waals surface area contributed by atoms with E-state index >= 15 is 0 Å². The van der Waals surface area contributed by atoms with E-state index < -0.39 is 21.7 Å². The molecule has 11 heteroatoms. The monoisotopic (exact) mass is 466 g/mol. The average Bonchev–Trinajstić information content (AvgIpc) is 3.26. The number of amides is 1. The Kier molecular flexibility index (Phi) is 5.88. The van der Waals surface area contributed by atoms with Gasteiger partial charge in [-0.05, 0) is 65.9 Å². The Labute approximate surface area is 189 Å². The number of sulfonamides is 1. The lowest BCUT2D eigenvalue weighted by molar-refractivity contribution is 0.102. The van der Waals surface area contributed by atoms with Crippen LogP contribution in [-0.4, -0.2) is 41.6 Å². The van der Waals surface area contributed by atoms with Gasteiger partial charge in [-0.3, -0.25) is 9.10 Å². The smallest absolute Gasteiger partial charge is 0.264 e. The number of carbonyl (C=O) groups excluding carboxylic acids is 1. The van der Waals surface area contributed by atoms with Crippen molar-refractivity contribution in [1.82, 2.24) is 20.2 Å². The van der Waals surface area contributed by atoms with Crippen LogP contribution in [-0.2, 0) is 10.0 Å². The Morgan fingerprint density at radius 1 is 1.03 bits per heavy atom. The Morgan fingerprint density at radius 3 is 2.48 bits per heavy atom. The van der Waals surface area contributed by atoms with Crippen LogP contribution in [0.15, 0.2) is 77.7 Å². The van der Waals surface area contributed by atoms with Gasteiger partial charge in [-0.25, -0.2) is 12.8 Å². The van der Waals surface area contributed by atoms with Crippen LogP contribution in [0.1, 0.15) is 16.2 Å². The fraction of sp³-hybridized carbons (Fsp3) is 0.0909. The van der Waals surface area contributed by atoms with Crippen molar-refractivity contribution in [2.24, 2.45) is 0 Å². The van der Waals surface area contributed by atoms with Crippen molar-refractivity contribution in [3.63, 3.8) is 0 Å². The highest BCUT2D eigenvalue weighted by Gasteiger charge is 2.22. The molecule has 3 aromatic carbocycles. The number of aryl methyl sites for hydroxylation is 1. The molecule has 1 aromatic heterocycles. The first-order valence-electron chi connectivity index (χ1n) is 9.77. The molecule has 0 aliphatic carbocycles. The van der Waals surface area contributed by atoms with Crippen molar-refractivity contribution < 1.29 is 17.6 Å². The lowest BCUT2D eigenvalue weighted by Crippen LogP contribution is -2.26. The Balaban J connectivity index is 1.61. The number of halogens is 1. The highest BCUT2D eigenvalue weighted by Crippen LogP contribution is 2.24. The van der Waals surface area contributed by atoms with E-state index in [4.69, 9.17) is 0 Å². The van der Waals surface area contributed by atoms with Crippen molar-refractivity contribution in [3.8, 4) is 5.69 Å². The van der Waals surface area contributed by atoms with Crippen molar-refractivity contribution >= 4 is 27.3 Å². The highest BCUT2D eigenvalue weighted by molar-refractivity contribution is 7.92. The molecule has 0 atom stereocenters. The zero-order valence-electron chi connectivity index (χ0n) is 17.7. The van der Waals surface area contributed by atoms with E-state index in [0.29, 0.717) is 17.2 Å². The molecule has 0 radical (unpaired) electrons. The first-order valence-corrected chi connectivity index (χ1v) is 11.2. The molecule has 4 rings (SSSR count). The summed E-state index contributed by atoms with van der Waals surface area (Å²) in [6, 6.07) is 18.2. The minimum atomic E-state index is -3.92. The molecule has 0 bridgehead atoms. The second-order valence-electron chi connectivity index (χ2n) is 7.09. The number of benzene rings is 3. The summed E-state index contributed by atoms with van der Waals surface area (Å²) in [7, 11) is -2.49. The second-order valence-corrected chi connectivity index (χ2v) is 9.06. The number of anilines is 2. The van der Waals surface area contributed by atoms with E-state index in [-0.39, 0.29) is 16.1 Å². The van der Waals surface area contributed by atoms with Crippen molar-refractivity contribution in [1.29, 1.82) is 0 Å². The van der Waals surface area contributed by atoms with Gasteiger partial charge in [-0.2, -0.15) is 4.68 Å². The first-order chi connectivity index (χ1) is 15.8. The minimum Gasteiger partial charge on any atom is -0.319 e. The van der Waals surface area contributed by atoms with E-state index in [1.807, 2.05) is 0 Å². The number of rotatable bonds is 6. The quantitative estimate of drug-likeness (QED) is 0.467. The van der Waals surface area contributed by atoms with Crippen LogP contribution in [0.25, 0.3) is 5.69 Å². The largest absolute Gasteiger partial charge is 0.319 e. The molecule has 168 valence electrons. The molecule has 0 saturated carbocycles. The standard InChI is InChI=1S/C22H19FN6O3S/c1-15-25-26-27-29(15)18-11-12-20(23)21(14-18)24-22(30)16-7-6-10-19(13-16)33(31,32)28(2)17-8-4-3-5-9-17/h3-14H,1-2H3,(H,24,30). The van der Waals surface area contributed by atoms with E-state index in [1.165, 1.54) is 54.2 Å². The number of nitrogens with zero attached hydrogens (tertiary/aromatic N) is 5. The van der Waals surface area contributed by atoms with Crippen LogP contribution >= 0.6 is 0 Å². The van der Waals surface area contributed by atoms with E-state index in [0.717, 1.165) is 4.31 Å². The first kappa shape index (κ1) is 22.1. The van der Waals surface area contributed by atoms with Gasteiger partial charge in [0.05, 0.1) is 22.0 Å². The zero-order chi connectivity index (χ0) is 23.6. The summed E-state index contributed by atoms with van der Waals surface area (Å²) in [6.45, 7) is 1.68. The molecule has 1 N–H and O–H groups in total. The fourth-order valence-electron chi connectivity index (χ4n) is 3.14. The van der Waals surface area contributed by atoms with Gasteiger partial charge in [-0.15, -0.1) is 5.10 Å². The third-order valence-corrected chi connectivity index (χ3v) is 6.72. The number of tetrazole rings is 1. The molecule has 1 heterocycles. The number of nitrogens with one attached hydrogen (secondary N) is 1. The van der Waals surface area contributed by atoms with Gasteiger partial charge < -0.3 is 5.32 Å². The topological polar surface area (TPSA) is 110 Å². The van der Waals surface area contributed by atoms with Crippen molar-refractivity contribution in [2.45, 2.75) is 11.8 Å². The van der Waals surface area contributed by atoms with E-state index in [9.17, 15) is 17.6 Å². The number of hydrogen-bond donors (Lipinski definition) is 1. The van der Waals surface area contributed by atoms with Crippen molar-refractivity contribution in [2.75, 3.05) is 16.7 Å². The van der Waals surface area contributed by atoms with Gasteiger partial charge in [0.25, 0.3) is 15.9 Å². The predicted molar refractivity (Wildman–Crippen MR) is 120 cm³/mol. The van der Waals surface area contributed by atoms with Crippen LogP contribution in [0.3, 0.4) is 0 Å². The molecule has 0 aliphatic rings. The summed E-state index contributed by atoms with van der Waals surface area (Å²) in [5, 5.41) is 13.6. The maximum Gasteiger partial charge on any atom is 0.264 e. The SMILES string of the molecule is Cc1nnnn1-c1ccc(F)c(NC(=O)c2cccc(S(=O)(=O)N(C)c3ccccc3)c2)c1. The van der Waals surface area contributed by atoms with Crippen molar-refractivity contribution in [3.05, 3.63) is 90.0 Å². The number of hydrogen-bond acceptors (Lipinski definition) is 6. The fourth-order valence-corrected chi connectivity index (χ4v) is 4.38. The third kappa shape index (κ3) is 4.44. The van der Waals surface area contributed by atoms with Gasteiger partial charge in [0.2, 0.25) is 0 Å². The van der Waals surface area contributed by atoms with Gasteiger partial charge in [0.15, 0.2) is 5.82 Å². The molecular weight excluding hydrogens is 447 g/mol. The van der Waals surface area contributed by atoms with Crippen LogP contribution in [0, 0.1) is 12.7 Å². The molecule has 0 unspecified atom stereocenters. The lowest BCUT2D eigenvalue weighted by atomic mass is 10.2. The van der Waals surface area contributed by atoms with Gasteiger partial charge >= 0.3 is 0 Å². The summed E-state index contributed by atoms with van der Waals surface area (Å²) in [4.78, 5) is 12.7. The minimum absolute atomic E-state index is 0.0564. The zero-order valence-corrected chi connectivity index (χ0v) is 18.5. The number of aromatic nitrogens is 4. The normalized spacial score (nSPS) is 11.2. The van der Waals surface area contributed by atoms with Crippen LogP contribution in [0.2, 0.25) is 0 Å². The van der Waals surface area contributed by atoms with Gasteiger partial charge in [0.1, 0.15) is 5.82 Å². The van der Waals surface area contributed by atoms with E-state index in [2.05, 4.69) is 20.8 Å². The summed E-state index contributed by atoms with van der Waals surface area (Å²) >= 11 is 0. The van der Waals surface area contributed by atoms with Gasteiger partial charge in [0, 0.05) is 12.6 Å². The summed E-state index contributed by atoms with van der Waals surface area (Å²) in [6.07, 6.45) is 0. The van der Waals surface area contributed by atoms with Gasteiger partial charge in [-0.1, -0.05) is 24.3 Å². The molecule has 0 spiro atoms. The van der Waals surface area contributed by atoms with Crippen LogP contribution in [0.4, 0.5) is 15.8 Å². The second kappa shape index (κ2) is 8.79. The predicted octanol–water partition coefficient (Wildman–Crippen LogP) is 3.19. The summed E-state index contributed by atoms with van der Waals surface area (Å²) < 4.78 is 43.0. The molecule has 33 heavy (non-hydrogen) atoms. The van der Waals surface area contributed by atoms with Crippen LogP contribution < -0.4 is 9.62 Å². The Bertz CT molecular complexity index is 1420. The third-order valence-electron chi connectivity index (χ3n) is 4.94. The molecule has 0 saturated heterocycles. The molecule has 1 amide bonds. The lowest BCUT2D eigenvalue weighted by Gasteiger charge is -2.19. The molecule has 0 aliphatic heterocycles. The summed E-state index contributed by atoms with van der Waals surface area (Å²) in [5.74, 6) is -0.844. The summed E-state index contributed by atoms with van der Waals surface area (Å²) in [5.41, 5.74) is 0.891. The highest BCUT2D eigenvalue weighted by atomic mass is 32.2. The van der Waals surface area contributed by atoms with Crippen LogP contribution in [0.5, 0.6) is 0 Å². The van der Waals surface area contributed by atoms with E-state index in [1.54, 1.807) is 37.3 Å². The molecule has 4 aromatic rings. The Hall–Kier alpha value is -4.12. The average molecular weight is 466 g/mol. The number of para-hydroxylation sites is 1. The molecular formula is C22H19FN6O3S. The molecule has 9 nitrogen and oxygen atoms in total. The Morgan fingerprint density at radius 2 is 1.79 bits per heavy atom. The molecule has 0 fully saturated rings. The number of carbonyl (C=O) groups is 1.